The maximum absolute atomic E-state index is 12.6. The van der Waals surface area contributed by atoms with Gasteiger partial charge in [-0.2, -0.15) is 0 Å². The van der Waals surface area contributed by atoms with E-state index >= 15 is 0 Å². The second kappa shape index (κ2) is 6.30. The molecule has 0 saturated carbocycles. The molecule has 9 nitrogen and oxygen atoms in total. The van der Waals surface area contributed by atoms with Gasteiger partial charge in [0, 0.05) is 26.7 Å². The molecule has 1 N–H and O–H groups in total. The van der Waals surface area contributed by atoms with Crippen molar-refractivity contribution in [2.24, 2.45) is 0 Å². The quantitative estimate of drug-likeness (QED) is 0.800. The minimum absolute atomic E-state index is 0.0265. The fraction of sp³-hybridized carbons (Fsp3) is 0.538. The molecule has 0 radical (unpaired) electrons. The van der Waals surface area contributed by atoms with E-state index < -0.39 is 27.9 Å². The van der Waals surface area contributed by atoms with Crippen molar-refractivity contribution in [1.29, 1.82) is 0 Å². The van der Waals surface area contributed by atoms with E-state index in [-0.39, 0.29) is 36.2 Å². The van der Waals surface area contributed by atoms with E-state index in [1.54, 1.807) is 0 Å². The number of carbonyl (C=O) groups excluding carboxylic acids is 1. The molecule has 128 valence electrons. The predicted molar refractivity (Wildman–Crippen MR) is 77.6 cm³/mol. The zero-order chi connectivity index (χ0) is 17.4. The molecule has 0 spiro atoms. The fourth-order valence-electron chi connectivity index (χ4n) is 2.18. The first-order valence-electron chi connectivity index (χ1n) is 6.80. The summed E-state index contributed by atoms with van der Waals surface area (Å²) in [6, 6.07) is 0.0147. The van der Waals surface area contributed by atoms with Crippen molar-refractivity contribution in [2.75, 3.05) is 33.9 Å². The number of aryl methyl sites for hydroxylation is 1. The summed E-state index contributed by atoms with van der Waals surface area (Å²) in [4.78, 5) is 25.0. The molecule has 1 aromatic rings. The molecule has 1 aliphatic rings. The molecule has 1 fully saturated rings. The highest BCUT2D eigenvalue weighted by atomic mass is 32.2. The summed E-state index contributed by atoms with van der Waals surface area (Å²) < 4.78 is 35.4. The molecule has 1 unspecified atom stereocenters. The average molecular weight is 346 g/mol. The molecule has 2 heterocycles. The lowest BCUT2D eigenvalue weighted by Gasteiger charge is -2.32. The lowest BCUT2D eigenvalue weighted by Crippen LogP contribution is -2.52. The standard InChI is InChI=1S/C13H18N2O7S/c1-8-9(6-11(22-8)23(19,20)14(2)3)12(16)15-4-5-21-7-10(15)13(17)18/h6,10H,4-5,7H2,1-3H3,(H,17,18). The predicted octanol–water partition coefficient (Wildman–Crippen LogP) is -0.236. The zero-order valence-electron chi connectivity index (χ0n) is 13.0. The van der Waals surface area contributed by atoms with Crippen LogP contribution in [0.2, 0.25) is 0 Å². The Morgan fingerprint density at radius 2 is 2.04 bits per heavy atom. The van der Waals surface area contributed by atoms with Gasteiger partial charge in [0.05, 0.1) is 18.8 Å². The van der Waals surface area contributed by atoms with E-state index in [1.807, 2.05) is 0 Å². The molecule has 23 heavy (non-hydrogen) atoms. The Balaban J connectivity index is 2.37. The van der Waals surface area contributed by atoms with Crippen molar-refractivity contribution in [3.05, 3.63) is 17.4 Å². The largest absolute Gasteiger partial charge is 0.480 e. The second-order valence-electron chi connectivity index (χ2n) is 5.25. The Bertz CT molecular complexity index is 723. The number of carboxylic acids is 1. The summed E-state index contributed by atoms with van der Waals surface area (Å²) in [6.45, 7) is 1.67. The molecule has 2 rings (SSSR count). The molecule has 1 amide bonds. The third kappa shape index (κ3) is 3.23. The summed E-state index contributed by atoms with van der Waals surface area (Å²) in [5.74, 6) is -1.66. The Labute approximate surface area is 133 Å². The fourth-order valence-corrected chi connectivity index (χ4v) is 3.04. The van der Waals surface area contributed by atoms with Crippen LogP contribution in [0.3, 0.4) is 0 Å². The van der Waals surface area contributed by atoms with Crippen molar-refractivity contribution in [2.45, 2.75) is 18.1 Å². The van der Waals surface area contributed by atoms with Crippen LogP contribution in [0.5, 0.6) is 0 Å². The Morgan fingerprint density at radius 1 is 1.39 bits per heavy atom. The number of carboxylic acid groups (broad SMARTS) is 1. The van der Waals surface area contributed by atoms with E-state index in [9.17, 15) is 23.1 Å². The minimum atomic E-state index is -3.82. The monoisotopic (exact) mass is 346 g/mol. The Kier molecular flexibility index (Phi) is 4.78. The lowest BCUT2D eigenvalue weighted by atomic mass is 10.1. The smallest absolute Gasteiger partial charge is 0.328 e. The van der Waals surface area contributed by atoms with Gasteiger partial charge in [0.1, 0.15) is 5.76 Å². The van der Waals surface area contributed by atoms with Gasteiger partial charge in [-0.1, -0.05) is 0 Å². The Morgan fingerprint density at radius 3 is 2.61 bits per heavy atom. The highest BCUT2D eigenvalue weighted by Gasteiger charge is 2.35. The number of rotatable bonds is 4. The summed E-state index contributed by atoms with van der Waals surface area (Å²) in [5.41, 5.74) is 0.0265. The van der Waals surface area contributed by atoms with Crippen molar-refractivity contribution in [1.82, 2.24) is 9.21 Å². The van der Waals surface area contributed by atoms with Gasteiger partial charge in [0.25, 0.3) is 15.9 Å². The van der Waals surface area contributed by atoms with Crippen molar-refractivity contribution in [3.8, 4) is 0 Å². The van der Waals surface area contributed by atoms with E-state index in [1.165, 1.54) is 21.0 Å². The summed E-state index contributed by atoms with van der Waals surface area (Å²) >= 11 is 0. The van der Waals surface area contributed by atoms with Crippen LogP contribution < -0.4 is 0 Å². The highest BCUT2D eigenvalue weighted by Crippen LogP contribution is 2.24. The zero-order valence-corrected chi connectivity index (χ0v) is 13.8. The van der Waals surface area contributed by atoms with Gasteiger partial charge in [-0.05, 0) is 6.92 Å². The van der Waals surface area contributed by atoms with Crippen molar-refractivity contribution in [3.63, 3.8) is 0 Å². The number of ether oxygens (including phenoxy) is 1. The van der Waals surface area contributed by atoms with Crippen LogP contribution in [0.4, 0.5) is 0 Å². The van der Waals surface area contributed by atoms with Gasteiger partial charge in [-0.25, -0.2) is 17.5 Å². The topological polar surface area (TPSA) is 117 Å². The number of nitrogens with zero attached hydrogens (tertiary/aromatic N) is 2. The molecule has 0 aromatic carbocycles. The third-order valence-electron chi connectivity index (χ3n) is 3.53. The average Bonchev–Trinajstić information content (AvgIpc) is 2.89. The molecule has 0 bridgehead atoms. The number of sulfonamides is 1. The van der Waals surface area contributed by atoms with Gasteiger partial charge < -0.3 is 19.2 Å². The molecule has 10 heteroatoms. The molecule has 1 aromatic heterocycles. The summed E-state index contributed by atoms with van der Waals surface area (Å²) in [7, 11) is -1.13. The molecule has 0 aliphatic carbocycles. The van der Waals surface area contributed by atoms with Crippen molar-refractivity contribution < 1.29 is 32.3 Å². The summed E-state index contributed by atoms with van der Waals surface area (Å²) in [5, 5.41) is 8.82. The molecule has 1 aliphatic heterocycles. The van der Waals surface area contributed by atoms with E-state index in [0.29, 0.717) is 0 Å². The van der Waals surface area contributed by atoms with Crippen LogP contribution in [0.1, 0.15) is 16.1 Å². The minimum Gasteiger partial charge on any atom is -0.480 e. The molecular weight excluding hydrogens is 328 g/mol. The van der Waals surface area contributed by atoms with E-state index in [2.05, 4.69) is 0 Å². The van der Waals surface area contributed by atoms with Gasteiger partial charge in [0.15, 0.2) is 6.04 Å². The molecular formula is C13H18N2O7S. The van der Waals surface area contributed by atoms with Crippen LogP contribution in [0.15, 0.2) is 15.6 Å². The van der Waals surface area contributed by atoms with Gasteiger partial charge in [-0.3, -0.25) is 4.79 Å². The number of hydrogen-bond acceptors (Lipinski definition) is 6. The lowest BCUT2D eigenvalue weighted by molar-refractivity contribution is -0.147. The van der Waals surface area contributed by atoms with Crippen molar-refractivity contribution >= 4 is 21.9 Å². The second-order valence-corrected chi connectivity index (χ2v) is 7.33. The van der Waals surface area contributed by atoms with E-state index in [4.69, 9.17) is 9.15 Å². The highest BCUT2D eigenvalue weighted by molar-refractivity contribution is 7.88. The van der Waals surface area contributed by atoms with Crippen LogP contribution >= 0.6 is 0 Å². The number of carbonyl (C=O) groups is 2. The number of aliphatic carboxylic acids is 1. The first kappa shape index (κ1) is 17.4. The first-order valence-corrected chi connectivity index (χ1v) is 8.24. The third-order valence-corrected chi connectivity index (χ3v) is 5.21. The Hall–Kier alpha value is -1.91. The van der Waals surface area contributed by atoms with Crippen LogP contribution in [-0.4, -0.2) is 74.5 Å². The van der Waals surface area contributed by atoms with Crippen LogP contribution in [0.25, 0.3) is 0 Å². The van der Waals surface area contributed by atoms with Gasteiger partial charge >= 0.3 is 5.97 Å². The van der Waals surface area contributed by atoms with Crippen LogP contribution in [0, 0.1) is 6.92 Å². The first-order chi connectivity index (χ1) is 10.7. The number of hydrogen-bond donors (Lipinski definition) is 1. The normalized spacial score (nSPS) is 19.1. The molecule has 1 saturated heterocycles. The SMILES string of the molecule is Cc1oc(S(=O)(=O)N(C)C)cc1C(=O)N1CCOCC1C(=O)O. The van der Waals surface area contributed by atoms with Gasteiger partial charge in [0.2, 0.25) is 5.09 Å². The number of amides is 1. The molecule has 1 atom stereocenters. The van der Waals surface area contributed by atoms with Gasteiger partial charge in [-0.15, -0.1) is 0 Å². The summed E-state index contributed by atoms with van der Waals surface area (Å²) in [6.07, 6.45) is 0. The maximum atomic E-state index is 12.6. The maximum Gasteiger partial charge on any atom is 0.328 e. The number of furan rings is 1. The van der Waals surface area contributed by atoms with E-state index in [0.717, 1.165) is 15.3 Å². The number of morpholine rings is 1. The van der Waals surface area contributed by atoms with Crippen LogP contribution in [-0.2, 0) is 19.6 Å².